The van der Waals surface area contributed by atoms with Gasteiger partial charge in [-0.3, -0.25) is 9.89 Å². The Morgan fingerprint density at radius 2 is 2.12 bits per heavy atom. The van der Waals surface area contributed by atoms with Gasteiger partial charge in [-0.25, -0.2) is 9.78 Å². The van der Waals surface area contributed by atoms with Crippen molar-refractivity contribution in [1.82, 2.24) is 15.2 Å². The highest BCUT2D eigenvalue weighted by Gasteiger charge is 2.16. The number of nitrogen functional groups attached to an aromatic ring is 1. The fourth-order valence-electron chi connectivity index (χ4n) is 2.31. The summed E-state index contributed by atoms with van der Waals surface area (Å²) in [6.07, 6.45) is 1.53. The molecule has 128 valence electrons. The van der Waals surface area contributed by atoms with Crippen molar-refractivity contribution in [3.05, 3.63) is 34.9 Å². The molecule has 0 saturated heterocycles. The number of benzene rings is 1. The number of anilines is 2. The molecule has 3 aromatic rings. The number of carbonyl (C=O) groups excluding carboxylic acids is 2. The normalized spacial score (nSPS) is 10.6. The number of esters is 1. The number of nitrogens with one attached hydrogen (secondary N) is 2. The zero-order valence-electron chi connectivity index (χ0n) is 13.2. The van der Waals surface area contributed by atoms with Crippen LogP contribution in [0.3, 0.4) is 0 Å². The maximum Gasteiger partial charge on any atom is 0.397 e. The number of hydrogen-bond acceptors (Lipinski definition) is 6. The summed E-state index contributed by atoms with van der Waals surface area (Å²) in [5.41, 5.74) is 8.30. The fraction of sp³-hybridized carbons (Fsp3) is 0.125. The topological polar surface area (TPSA) is 123 Å². The van der Waals surface area contributed by atoms with Crippen LogP contribution in [-0.2, 0) is 14.3 Å². The second-order valence-corrected chi connectivity index (χ2v) is 5.95. The number of pyridine rings is 1. The molecule has 0 unspecified atom stereocenters. The third-order valence-electron chi connectivity index (χ3n) is 3.45. The molecule has 0 aliphatic rings. The lowest BCUT2D eigenvalue weighted by Gasteiger charge is -2.07. The van der Waals surface area contributed by atoms with E-state index in [1.54, 1.807) is 19.1 Å². The Morgan fingerprint density at radius 1 is 1.32 bits per heavy atom. The number of fused-ring (bicyclic) bond motifs is 1. The predicted molar refractivity (Wildman–Crippen MR) is 96.7 cm³/mol. The van der Waals surface area contributed by atoms with Gasteiger partial charge in [0.15, 0.2) is 5.82 Å². The minimum absolute atomic E-state index is 0.125. The zero-order chi connectivity index (χ0) is 18.0. The Balaban J connectivity index is 1.93. The number of aromatic nitrogens is 3. The van der Waals surface area contributed by atoms with Gasteiger partial charge in [-0.05, 0) is 58.2 Å². The average molecular weight is 404 g/mol. The first-order valence-corrected chi connectivity index (χ1v) is 8.16. The zero-order valence-corrected chi connectivity index (χ0v) is 14.8. The molecule has 0 radical (unpaired) electrons. The third-order valence-corrected chi connectivity index (χ3v) is 4.08. The highest BCUT2D eigenvalue weighted by molar-refractivity contribution is 9.10. The molecule has 4 N–H and O–H groups in total. The van der Waals surface area contributed by atoms with E-state index in [1.807, 2.05) is 12.1 Å². The Bertz CT molecular complexity index is 970. The van der Waals surface area contributed by atoms with Gasteiger partial charge in [-0.2, -0.15) is 5.10 Å². The van der Waals surface area contributed by atoms with E-state index in [0.29, 0.717) is 5.82 Å². The van der Waals surface area contributed by atoms with Crippen molar-refractivity contribution >= 4 is 50.3 Å². The molecule has 3 rings (SSSR count). The predicted octanol–water partition coefficient (Wildman–Crippen LogP) is 2.47. The molecule has 2 aromatic heterocycles. The van der Waals surface area contributed by atoms with Crippen LogP contribution < -0.4 is 11.1 Å². The van der Waals surface area contributed by atoms with Gasteiger partial charge in [0.2, 0.25) is 0 Å². The first-order valence-electron chi connectivity index (χ1n) is 7.37. The smallest absolute Gasteiger partial charge is 0.397 e. The molecular weight excluding hydrogens is 390 g/mol. The molecule has 0 aliphatic heterocycles. The fourth-order valence-corrected chi connectivity index (χ4v) is 2.86. The van der Waals surface area contributed by atoms with E-state index in [1.165, 1.54) is 6.20 Å². The number of carbonyl (C=O) groups is 2. The van der Waals surface area contributed by atoms with Crippen molar-refractivity contribution in [2.24, 2.45) is 0 Å². The first kappa shape index (κ1) is 16.9. The van der Waals surface area contributed by atoms with Gasteiger partial charge in [-0.1, -0.05) is 0 Å². The van der Waals surface area contributed by atoms with E-state index in [2.05, 4.69) is 41.2 Å². The average Bonchev–Trinajstić information content (AvgIpc) is 2.97. The number of ether oxygens (including phenoxy) is 1. The van der Waals surface area contributed by atoms with Crippen molar-refractivity contribution < 1.29 is 14.3 Å². The summed E-state index contributed by atoms with van der Waals surface area (Å²) in [5.74, 6) is -1.19. The lowest BCUT2D eigenvalue weighted by Crippen LogP contribution is -2.25. The molecule has 0 saturated carbocycles. The second kappa shape index (κ2) is 6.89. The van der Waals surface area contributed by atoms with Crippen LogP contribution in [0.25, 0.3) is 22.0 Å². The summed E-state index contributed by atoms with van der Waals surface area (Å²) in [4.78, 5) is 27.2. The number of nitrogens with two attached hydrogens (primary N) is 1. The van der Waals surface area contributed by atoms with Crippen molar-refractivity contribution in [3.8, 4) is 11.1 Å². The van der Waals surface area contributed by atoms with Gasteiger partial charge in [0.1, 0.15) is 5.82 Å². The van der Waals surface area contributed by atoms with Crippen molar-refractivity contribution in [1.29, 1.82) is 0 Å². The van der Waals surface area contributed by atoms with Gasteiger partial charge in [0, 0.05) is 16.1 Å². The van der Waals surface area contributed by atoms with Crippen LogP contribution in [0, 0.1) is 0 Å². The van der Waals surface area contributed by atoms with E-state index >= 15 is 0 Å². The van der Waals surface area contributed by atoms with Crippen LogP contribution in [0.1, 0.15) is 6.92 Å². The largest absolute Gasteiger partial charge is 0.459 e. The molecule has 25 heavy (non-hydrogen) atoms. The Hall–Kier alpha value is -2.94. The molecule has 1 aromatic carbocycles. The summed E-state index contributed by atoms with van der Waals surface area (Å²) in [5, 5.41) is 10.0. The highest BCUT2D eigenvalue weighted by atomic mass is 79.9. The first-order chi connectivity index (χ1) is 12.0. The summed E-state index contributed by atoms with van der Waals surface area (Å²) in [6.45, 7) is 1.75. The van der Waals surface area contributed by atoms with Crippen LogP contribution in [0.4, 0.5) is 11.6 Å². The molecule has 0 bridgehead atoms. The summed E-state index contributed by atoms with van der Waals surface area (Å²) in [7, 11) is 0. The number of H-pyrrole nitrogens is 1. The van der Waals surface area contributed by atoms with Crippen LogP contribution in [0.15, 0.2) is 34.9 Å². The van der Waals surface area contributed by atoms with E-state index < -0.39 is 11.9 Å². The van der Waals surface area contributed by atoms with Gasteiger partial charge >= 0.3 is 11.9 Å². The number of aromatic amines is 1. The summed E-state index contributed by atoms with van der Waals surface area (Å²) >= 11 is 3.48. The SMILES string of the molecule is CCOC(=O)C(=O)Nc1cc(-c2cc(Br)c3[nH]nc(N)c3c2)ccn1. The van der Waals surface area contributed by atoms with Crippen LogP contribution >= 0.6 is 15.9 Å². The Labute approximate surface area is 150 Å². The number of nitrogens with zero attached hydrogens (tertiary/aromatic N) is 2. The summed E-state index contributed by atoms with van der Waals surface area (Å²) < 4.78 is 5.45. The van der Waals surface area contributed by atoms with Crippen LogP contribution in [0.5, 0.6) is 0 Å². The molecule has 0 atom stereocenters. The Kier molecular flexibility index (Phi) is 4.66. The van der Waals surface area contributed by atoms with Crippen LogP contribution in [0.2, 0.25) is 0 Å². The maximum atomic E-state index is 11.7. The van der Waals surface area contributed by atoms with E-state index in [0.717, 1.165) is 26.5 Å². The number of amides is 1. The molecule has 0 fully saturated rings. The van der Waals surface area contributed by atoms with Crippen molar-refractivity contribution in [2.75, 3.05) is 17.7 Å². The second-order valence-electron chi connectivity index (χ2n) is 5.09. The molecule has 1 amide bonds. The number of hydrogen-bond donors (Lipinski definition) is 3. The molecule has 0 spiro atoms. The highest BCUT2D eigenvalue weighted by Crippen LogP contribution is 2.32. The van der Waals surface area contributed by atoms with E-state index in [4.69, 9.17) is 5.73 Å². The monoisotopic (exact) mass is 403 g/mol. The van der Waals surface area contributed by atoms with Gasteiger partial charge in [0.05, 0.1) is 12.1 Å². The Morgan fingerprint density at radius 3 is 2.88 bits per heavy atom. The minimum atomic E-state index is -0.954. The third kappa shape index (κ3) is 3.45. The summed E-state index contributed by atoms with van der Waals surface area (Å²) in [6, 6.07) is 7.21. The van der Waals surface area contributed by atoms with Gasteiger partial charge in [-0.15, -0.1) is 0 Å². The number of rotatable bonds is 3. The van der Waals surface area contributed by atoms with Crippen LogP contribution in [-0.4, -0.2) is 33.7 Å². The lowest BCUT2D eigenvalue weighted by atomic mass is 10.0. The number of halogens is 1. The molecule has 0 aliphatic carbocycles. The van der Waals surface area contributed by atoms with Crippen molar-refractivity contribution in [2.45, 2.75) is 6.92 Å². The minimum Gasteiger partial charge on any atom is -0.459 e. The van der Waals surface area contributed by atoms with Gasteiger partial charge in [0.25, 0.3) is 0 Å². The quantitative estimate of drug-likeness (QED) is 0.455. The van der Waals surface area contributed by atoms with E-state index in [-0.39, 0.29) is 12.4 Å². The molecule has 9 heteroatoms. The van der Waals surface area contributed by atoms with E-state index in [9.17, 15) is 9.59 Å². The maximum absolute atomic E-state index is 11.7. The lowest BCUT2D eigenvalue weighted by molar-refractivity contribution is -0.152. The molecule has 8 nitrogen and oxygen atoms in total. The standard InChI is InChI=1S/C16H14BrN5O3/c1-2-25-16(24)15(23)20-12-7-8(3-4-19-12)9-5-10-13(11(17)6-9)21-22-14(10)18/h3-7H,2H2,1H3,(H3,18,21,22)(H,19,20,23). The molecular formula is C16H14BrN5O3. The van der Waals surface area contributed by atoms with Crippen molar-refractivity contribution in [3.63, 3.8) is 0 Å². The van der Waals surface area contributed by atoms with Gasteiger partial charge < -0.3 is 15.8 Å². The molecule has 2 heterocycles.